The van der Waals surface area contributed by atoms with E-state index in [2.05, 4.69) is 0 Å². The van der Waals surface area contributed by atoms with E-state index in [4.69, 9.17) is 10.2 Å². The molecule has 0 atom stereocenters. The van der Waals surface area contributed by atoms with Crippen LogP contribution in [-0.2, 0) is 0 Å². The van der Waals surface area contributed by atoms with Gasteiger partial charge in [-0.25, -0.2) is 9.59 Å². The Morgan fingerprint density at radius 2 is 0.905 bits per heavy atom. The summed E-state index contributed by atoms with van der Waals surface area (Å²) in [5.74, 6) is -1.75. The topological polar surface area (TPSA) is 106 Å². The molecule has 0 aliphatic heterocycles. The molecule has 0 saturated carbocycles. The van der Waals surface area contributed by atoms with Crippen LogP contribution in [0.5, 0.6) is 0 Å². The summed E-state index contributed by atoms with van der Waals surface area (Å²) < 4.78 is 0. The number of carbonyl (C=O) groups is 2. The predicted octanol–water partition coefficient (Wildman–Crippen LogP) is 2.56. The van der Waals surface area contributed by atoms with Gasteiger partial charge in [0.1, 0.15) is 0 Å². The van der Waals surface area contributed by atoms with Gasteiger partial charge >= 0.3 is 11.9 Å². The van der Waals surface area contributed by atoms with E-state index in [0.717, 1.165) is 11.1 Å². The second kappa shape index (κ2) is 8.50. The lowest BCUT2D eigenvalue weighted by molar-refractivity contribution is 0.0686. The van der Waals surface area contributed by atoms with Gasteiger partial charge in [-0.1, -0.05) is 35.4 Å². The van der Waals surface area contributed by atoms with Gasteiger partial charge in [-0.3, -0.25) is 0 Å². The molecule has 2 aromatic rings. The summed E-state index contributed by atoms with van der Waals surface area (Å²) in [5.41, 5.74) is 2.83. The lowest BCUT2D eigenvalue weighted by Gasteiger charge is -1.92. The van der Waals surface area contributed by atoms with E-state index < -0.39 is 11.9 Å². The van der Waals surface area contributed by atoms with Crippen LogP contribution in [0.3, 0.4) is 0 Å². The standard InChI is InChI=1S/2C8H8O2.H2O/c2*1-6-2-4-7(5-3-6)8(9)10;/h2*2-5H,1H3,(H,9,10);1H2. The highest BCUT2D eigenvalue weighted by Gasteiger charge is 1.99. The molecule has 0 aliphatic rings. The van der Waals surface area contributed by atoms with Gasteiger partial charge < -0.3 is 15.7 Å². The monoisotopic (exact) mass is 290 g/mol. The van der Waals surface area contributed by atoms with E-state index in [1.807, 2.05) is 13.8 Å². The second-order valence-electron chi connectivity index (χ2n) is 4.34. The van der Waals surface area contributed by atoms with Gasteiger partial charge in [0.2, 0.25) is 0 Å². The fraction of sp³-hybridized carbons (Fsp3) is 0.125. The molecule has 0 fully saturated rings. The maximum absolute atomic E-state index is 10.3. The summed E-state index contributed by atoms with van der Waals surface area (Å²) in [7, 11) is 0. The van der Waals surface area contributed by atoms with Crippen molar-refractivity contribution in [2.75, 3.05) is 0 Å². The molecular weight excluding hydrogens is 272 g/mol. The summed E-state index contributed by atoms with van der Waals surface area (Å²) in [6.45, 7) is 3.84. The van der Waals surface area contributed by atoms with Crippen molar-refractivity contribution in [3.63, 3.8) is 0 Å². The van der Waals surface area contributed by atoms with Crippen LogP contribution in [0.15, 0.2) is 48.5 Å². The average Bonchev–Trinajstić information content (AvgIpc) is 2.40. The second-order valence-corrected chi connectivity index (χ2v) is 4.34. The van der Waals surface area contributed by atoms with E-state index in [1.165, 1.54) is 0 Å². The van der Waals surface area contributed by atoms with Crippen LogP contribution in [-0.4, -0.2) is 27.6 Å². The zero-order chi connectivity index (χ0) is 15.1. The molecule has 0 radical (unpaired) electrons. The van der Waals surface area contributed by atoms with Crippen molar-refractivity contribution in [3.8, 4) is 0 Å². The molecule has 0 aliphatic carbocycles. The van der Waals surface area contributed by atoms with Crippen LogP contribution in [0.25, 0.3) is 0 Å². The Morgan fingerprint density at radius 1 is 0.667 bits per heavy atom. The van der Waals surface area contributed by atoms with Crippen LogP contribution >= 0.6 is 0 Å². The molecule has 2 aromatic carbocycles. The first kappa shape index (κ1) is 18.3. The molecule has 112 valence electrons. The Labute approximate surface area is 122 Å². The fourth-order valence-corrected chi connectivity index (χ4v) is 1.39. The SMILES string of the molecule is Cc1ccc(C(=O)O)cc1.Cc1ccc(C(=O)O)cc1.O. The Hall–Kier alpha value is -2.66. The van der Waals surface area contributed by atoms with Crippen molar-refractivity contribution in [1.29, 1.82) is 0 Å². The van der Waals surface area contributed by atoms with E-state index in [9.17, 15) is 9.59 Å². The minimum atomic E-state index is -0.875. The van der Waals surface area contributed by atoms with Crippen molar-refractivity contribution < 1.29 is 25.3 Å². The maximum Gasteiger partial charge on any atom is 0.335 e. The average molecular weight is 290 g/mol. The summed E-state index contributed by atoms with van der Waals surface area (Å²) >= 11 is 0. The number of hydrogen-bond acceptors (Lipinski definition) is 2. The van der Waals surface area contributed by atoms with Crippen LogP contribution in [0.1, 0.15) is 31.8 Å². The first-order chi connectivity index (χ1) is 9.40. The third kappa shape index (κ3) is 6.35. The highest BCUT2D eigenvalue weighted by Crippen LogP contribution is 2.02. The van der Waals surface area contributed by atoms with E-state index in [-0.39, 0.29) is 5.48 Å². The Bertz CT molecular complexity index is 530. The molecule has 0 spiro atoms. The van der Waals surface area contributed by atoms with Gasteiger partial charge in [0.25, 0.3) is 0 Å². The molecule has 0 saturated heterocycles. The zero-order valence-corrected chi connectivity index (χ0v) is 11.8. The van der Waals surface area contributed by atoms with Crippen LogP contribution in [0.4, 0.5) is 0 Å². The minimum absolute atomic E-state index is 0. The molecule has 5 nitrogen and oxygen atoms in total. The molecule has 21 heavy (non-hydrogen) atoms. The Morgan fingerprint density at radius 3 is 1.10 bits per heavy atom. The molecule has 4 N–H and O–H groups in total. The summed E-state index contributed by atoms with van der Waals surface area (Å²) in [6.07, 6.45) is 0. The van der Waals surface area contributed by atoms with E-state index >= 15 is 0 Å². The summed E-state index contributed by atoms with van der Waals surface area (Å²) in [4.78, 5) is 20.6. The molecule has 0 unspecified atom stereocenters. The third-order valence-corrected chi connectivity index (χ3v) is 2.60. The van der Waals surface area contributed by atoms with Gasteiger partial charge in [0, 0.05) is 0 Å². The molecule has 0 bridgehead atoms. The number of rotatable bonds is 2. The van der Waals surface area contributed by atoms with Gasteiger partial charge in [-0.05, 0) is 38.1 Å². The first-order valence-corrected chi connectivity index (χ1v) is 6.00. The van der Waals surface area contributed by atoms with Crippen LogP contribution in [0, 0.1) is 13.8 Å². The number of hydrogen-bond donors (Lipinski definition) is 2. The van der Waals surface area contributed by atoms with Crippen molar-refractivity contribution in [3.05, 3.63) is 70.8 Å². The number of aromatic carboxylic acids is 2. The van der Waals surface area contributed by atoms with Crippen LogP contribution < -0.4 is 0 Å². The highest BCUT2D eigenvalue weighted by atomic mass is 16.4. The number of carboxylic acids is 2. The molecule has 5 heteroatoms. The van der Waals surface area contributed by atoms with Gasteiger partial charge in [-0.2, -0.15) is 0 Å². The van der Waals surface area contributed by atoms with E-state index in [0.29, 0.717) is 11.1 Å². The molecule has 0 heterocycles. The normalized spacial score (nSPS) is 8.86. The van der Waals surface area contributed by atoms with Gasteiger partial charge in [0.05, 0.1) is 11.1 Å². The lowest BCUT2D eigenvalue weighted by Crippen LogP contribution is -1.94. The third-order valence-electron chi connectivity index (χ3n) is 2.60. The smallest absolute Gasteiger partial charge is 0.335 e. The Balaban J connectivity index is 0.000000364. The summed E-state index contributed by atoms with van der Waals surface area (Å²) in [6, 6.07) is 13.5. The van der Waals surface area contributed by atoms with Crippen LogP contribution in [0.2, 0.25) is 0 Å². The largest absolute Gasteiger partial charge is 0.478 e. The molecule has 2 rings (SSSR count). The molecule has 0 amide bonds. The number of aryl methyl sites for hydroxylation is 2. The first-order valence-electron chi connectivity index (χ1n) is 6.00. The minimum Gasteiger partial charge on any atom is -0.478 e. The van der Waals surface area contributed by atoms with Gasteiger partial charge in [-0.15, -0.1) is 0 Å². The van der Waals surface area contributed by atoms with Crippen molar-refractivity contribution in [2.24, 2.45) is 0 Å². The van der Waals surface area contributed by atoms with Crippen molar-refractivity contribution in [2.45, 2.75) is 13.8 Å². The highest BCUT2D eigenvalue weighted by molar-refractivity contribution is 5.87. The fourth-order valence-electron chi connectivity index (χ4n) is 1.39. The number of carboxylic acid groups (broad SMARTS) is 2. The summed E-state index contributed by atoms with van der Waals surface area (Å²) in [5, 5.41) is 17.0. The van der Waals surface area contributed by atoms with Gasteiger partial charge in [0.15, 0.2) is 0 Å². The van der Waals surface area contributed by atoms with Crippen molar-refractivity contribution >= 4 is 11.9 Å². The quantitative estimate of drug-likeness (QED) is 0.886. The van der Waals surface area contributed by atoms with E-state index in [1.54, 1.807) is 48.5 Å². The maximum atomic E-state index is 10.3. The number of benzene rings is 2. The lowest BCUT2D eigenvalue weighted by atomic mass is 10.2. The molecule has 0 aromatic heterocycles. The predicted molar refractivity (Wildman–Crippen MR) is 79.9 cm³/mol. The zero-order valence-electron chi connectivity index (χ0n) is 11.8. The Kier molecular flexibility index (Phi) is 7.42. The molecular formula is C16H18O5. The van der Waals surface area contributed by atoms with Crippen molar-refractivity contribution in [1.82, 2.24) is 0 Å².